The van der Waals surface area contributed by atoms with Gasteiger partial charge in [-0.2, -0.15) is 0 Å². The number of carbonyl (C=O) groups excluding carboxylic acids is 1. The smallest absolute Gasteiger partial charge is 0.319 e. The molecular formula is C26H46N2O2. The standard InChI is InChI=1S/C26H46N2O2/c1-2-3-4-5-6-7-8-9-10-11-12-13-14-15-16-17-18-23-27-26(30)28-24-19-21-25(29)22-20-24/h19-22,29H,2-18,23H2,1H3,(H2,27,28,30). The number of anilines is 1. The Morgan fingerprint density at radius 3 is 1.50 bits per heavy atom. The zero-order valence-electron chi connectivity index (χ0n) is 19.4. The van der Waals surface area contributed by atoms with Crippen molar-refractivity contribution in [2.45, 2.75) is 116 Å². The van der Waals surface area contributed by atoms with Gasteiger partial charge in [-0.1, -0.05) is 110 Å². The number of amides is 2. The largest absolute Gasteiger partial charge is 0.508 e. The number of nitrogens with one attached hydrogen (secondary N) is 2. The van der Waals surface area contributed by atoms with Gasteiger partial charge in [0.05, 0.1) is 0 Å². The first-order chi connectivity index (χ1) is 14.7. The van der Waals surface area contributed by atoms with Crippen molar-refractivity contribution >= 4 is 11.7 Å². The summed E-state index contributed by atoms with van der Waals surface area (Å²) in [5, 5.41) is 14.9. The van der Waals surface area contributed by atoms with E-state index in [1.54, 1.807) is 24.3 Å². The molecule has 3 N–H and O–H groups in total. The van der Waals surface area contributed by atoms with E-state index < -0.39 is 0 Å². The van der Waals surface area contributed by atoms with Crippen LogP contribution in [-0.4, -0.2) is 17.7 Å². The Hall–Kier alpha value is -1.71. The van der Waals surface area contributed by atoms with Crippen molar-refractivity contribution < 1.29 is 9.90 Å². The Bertz CT molecular complexity index is 516. The minimum absolute atomic E-state index is 0.183. The number of urea groups is 1. The van der Waals surface area contributed by atoms with Crippen LogP contribution in [0.15, 0.2) is 24.3 Å². The first kappa shape index (κ1) is 26.3. The summed E-state index contributed by atoms with van der Waals surface area (Å²) >= 11 is 0. The first-order valence-corrected chi connectivity index (χ1v) is 12.6. The topological polar surface area (TPSA) is 61.4 Å². The van der Waals surface area contributed by atoms with Crippen molar-refractivity contribution in [3.05, 3.63) is 24.3 Å². The maximum atomic E-state index is 11.8. The number of phenolic OH excluding ortho intramolecular Hbond substituents is 1. The Morgan fingerprint density at radius 1 is 0.667 bits per heavy atom. The van der Waals surface area contributed by atoms with Gasteiger partial charge in [0.25, 0.3) is 0 Å². The molecule has 172 valence electrons. The normalized spacial score (nSPS) is 10.8. The summed E-state index contributed by atoms with van der Waals surface area (Å²) in [6, 6.07) is 6.31. The SMILES string of the molecule is CCCCCCCCCCCCCCCCCCCNC(=O)Nc1ccc(O)cc1. The van der Waals surface area contributed by atoms with Gasteiger partial charge in [0, 0.05) is 12.2 Å². The lowest BCUT2D eigenvalue weighted by atomic mass is 10.0. The molecule has 0 saturated carbocycles. The van der Waals surface area contributed by atoms with Crippen LogP contribution < -0.4 is 10.6 Å². The maximum Gasteiger partial charge on any atom is 0.319 e. The Morgan fingerprint density at radius 2 is 1.07 bits per heavy atom. The molecular weight excluding hydrogens is 372 g/mol. The second-order valence-electron chi connectivity index (χ2n) is 8.58. The second kappa shape index (κ2) is 19.3. The molecule has 1 aromatic carbocycles. The fourth-order valence-electron chi connectivity index (χ4n) is 3.77. The van der Waals surface area contributed by atoms with Crippen LogP contribution >= 0.6 is 0 Å². The van der Waals surface area contributed by atoms with Crippen LogP contribution in [0.2, 0.25) is 0 Å². The molecule has 0 aliphatic carbocycles. The quantitative estimate of drug-likeness (QED) is 0.157. The van der Waals surface area contributed by atoms with Crippen LogP contribution in [-0.2, 0) is 0 Å². The second-order valence-corrected chi connectivity index (χ2v) is 8.58. The lowest BCUT2D eigenvalue weighted by molar-refractivity contribution is 0.252. The third-order valence-electron chi connectivity index (χ3n) is 5.69. The average molecular weight is 419 g/mol. The molecule has 0 aliphatic rings. The number of rotatable bonds is 19. The summed E-state index contributed by atoms with van der Waals surface area (Å²) in [6.45, 7) is 2.99. The summed E-state index contributed by atoms with van der Waals surface area (Å²) in [4.78, 5) is 11.8. The Labute approximate surface area is 185 Å². The van der Waals surface area contributed by atoms with Crippen molar-refractivity contribution in [3.8, 4) is 5.75 Å². The van der Waals surface area contributed by atoms with Gasteiger partial charge < -0.3 is 15.7 Å². The highest BCUT2D eigenvalue weighted by Gasteiger charge is 2.01. The predicted molar refractivity (Wildman–Crippen MR) is 129 cm³/mol. The monoisotopic (exact) mass is 418 g/mol. The van der Waals surface area contributed by atoms with Crippen LogP contribution in [0.1, 0.15) is 116 Å². The van der Waals surface area contributed by atoms with E-state index in [0.717, 1.165) is 6.42 Å². The van der Waals surface area contributed by atoms with Crippen LogP contribution in [0.25, 0.3) is 0 Å². The molecule has 1 rings (SSSR count). The van der Waals surface area contributed by atoms with E-state index >= 15 is 0 Å². The number of hydrogen-bond donors (Lipinski definition) is 3. The van der Waals surface area contributed by atoms with Crippen molar-refractivity contribution in [1.82, 2.24) is 5.32 Å². The molecule has 4 nitrogen and oxygen atoms in total. The molecule has 0 radical (unpaired) electrons. The number of carbonyl (C=O) groups is 1. The molecule has 0 saturated heterocycles. The van der Waals surface area contributed by atoms with E-state index in [9.17, 15) is 9.90 Å². The molecule has 0 heterocycles. The average Bonchev–Trinajstić information content (AvgIpc) is 2.74. The third-order valence-corrected chi connectivity index (χ3v) is 5.69. The molecule has 4 heteroatoms. The van der Waals surface area contributed by atoms with E-state index in [4.69, 9.17) is 0 Å². The molecule has 0 atom stereocenters. The molecule has 30 heavy (non-hydrogen) atoms. The van der Waals surface area contributed by atoms with Crippen LogP contribution in [0.3, 0.4) is 0 Å². The van der Waals surface area contributed by atoms with Crippen molar-refractivity contribution in [2.24, 2.45) is 0 Å². The van der Waals surface area contributed by atoms with Crippen molar-refractivity contribution in [2.75, 3.05) is 11.9 Å². The summed E-state index contributed by atoms with van der Waals surface area (Å²) in [5.41, 5.74) is 0.688. The van der Waals surface area contributed by atoms with Gasteiger partial charge in [0.1, 0.15) is 5.75 Å². The lowest BCUT2D eigenvalue weighted by Crippen LogP contribution is -2.29. The first-order valence-electron chi connectivity index (χ1n) is 12.6. The molecule has 0 unspecified atom stereocenters. The zero-order valence-corrected chi connectivity index (χ0v) is 19.4. The van der Waals surface area contributed by atoms with Gasteiger partial charge in [-0.15, -0.1) is 0 Å². The van der Waals surface area contributed by atoms with E-state index in [0.29, 0.717) is 12.2 Å². The summed E-state index contributed by atoms with van der Waals surface area (Å²) in [7, 11) is 0. The third kappa shape index (κ3) is 16.1. The highest BCUT2D eigenvalue weighted by Crippen LogP contribution is 2.15. The van der Waals surface area contributed by atoms with E-state index in [1.807, 2.05) is 0 Å². The molecule has 0 aliphatic heterocycles. The molecule has 2 amide bonds. The summed E-state index contributed by atoms with van der Waals surface area (Å²) < 4.78 is 0. The molecule has 0 spiro atoms. The van der Waals surface area contributed by atoms with Crippen molar-refractivity contribution in [3.63, 3.8) is 0 Å². The van der Waals surface area contributed by atoms with Crippen LogP contribution in [0.4, 0.5) is 10.5 Å². The van der Waals surface area contributed by atoms with Crippen LogP contribution in [0.5, 0.6) is 5.75 Å². The number of unbranched alkanes of at least 4 members (excludes halogenated alkanes) is 16. The van der Waals surface area contributed by atoms with Crippen LogP contribution in [0, 0.1) is 0 Å². The number of hydrogen-bond acceptors (Lipinski definition) is 2. The highest BCUT2D eigenvalue weighted by atomic mass is 16.3. The zero-order chi connectivity index (χ0) is 21.7. The highest BCUT2D eigenvalue weighted by molar-refractivity contribution is 5.89. The minimum atomic E-state index is -0.183. The predicted octanol–water partition coefficient (Wildman–Crippen LogP) is 8.17. The van der Waals surface area contributed by atoms with E-state index in [-0.39, 0.29) is 11.8 Å². The summed E-state index contributed by atoms with van der Waals surface area (Å²) in [5.74, 6) is 0.199. The molecule has 1 aromatic rings. The fraction of sp³-hybridized carbons (Fsp3) is 0.731. The summed E-state index contributed by atoms with van der Waals surface area (Å²) in [6.07, 6.45) is 23.1. The van der Waals surface area contributed by atoms with Gasteiger partial charge >= 0.3 is 6.03 Å². The molecule has 0 aromatic heterocycles. The van der Waals surface area contributed by atoms with Crippen molar-refractivity contribution in [1.29, 1.82) is 0 Å². The lowest BCUT2D eigenvalue weighted by Gasteiger charge is -2.07. The molecule has 0 bridgehead atoms. The van der Waals surface area contributed by atoms with Gasteiger partial charge in [0.15, 0.2) is 0 Å². The Balaban J connectivity index is 1.76. The van der Waals surface area contributed by atoms with Gasteiger partial charge in [0.2, 0.25) is 0 Å². The number of aromatic hydroxyl groups is 1. The maximum absolute atomic E-state index is 11.8. The van der Waals surface area contributed by atoms with Gasteiger partial charge in [-0.3, -0.25) is 0 Å². The molecule has 0 fully saturated rings. The van der Waals surface area contributed by atoms with E-state index in [1.165, 1.54) is 103 Å². The number of phenols is 1. The number of benzene rings is 1. The fourth-order valence-corrected chi connectivity index (χ4v) is 3.77. The van der Waals surface area contributed by atoms with E-state index in [2.05, 4.69) is 17.6 Å². The van der Waals surface area contributed by atoms with Gasteiger partial charge in [-0.05, 0) is 30.7 Å². The minimum Gasteiger partial charge on any atom is -0.508 e. The van der Waals surface area contributed by atoms with Gasteiger partial charge in [-0.25, -0.2) is 4.79 Å². The Kier molecular flexibility index (Phi) is 16.9.